The first kappa shape index (κ1) is 23.5. The number of halogens is 2. The molecule has 9 heteroatoms. The smallest absolute Gasteiger partial charge is 0.287 e. The average molecular weight is 510 g/mol. The number of carbonyl (C=O) groups is 2. The van der Waals surface area contributed by atoms with E-state index in [-0.39, 0.29) is 5.70 Å². The Hall–Kier alpha value is -3.65. The minimum Gasteiger partial charge on any atom is -0.455 e. The predicted molar refractivity (Wildman–Crippen MR) is 136 cm³/mol. The number of furan rings is 1. The monoisotopic (exact) mass is 509 g/mol. The lowest BCUT2D eigenvalue weighted by atomic mass is 10.2. The van der Waals surface area contributed by atoms with Gasteiger partial charge in [-0.25, -0.2) is 5.43 Å². The molecule has 0 aliphatic heterocycles. The average Bonchev–Trinajstić information content (AvgIpc) is 3.53. The van der Waals surface area contributed by atoms with Crippen LogP contribution in [0.15, 0.2) is 93.4 Å². The molecule has 2 amide bonds. The summed E-state index contributed by atoms with van der Waals surface area (Å²) in [6.07, 6.45) is 2.93. The van der Waals surface area contributed by atoms with Gasteiger partial charge >= 0.3 is 0 Å². The Labute approximate surface area is 209 Å². The predicted octanol–water partition coefficient (Wildman–Crippen LogP) is 6.24. The third-order valence-corrected chi connectivity index (χ3v) is 5.92. The quantitative estimate of drug-likeness (QED) is 0.176. The van der Waals surface area contributed by atoms with Crippen molar-refractivity contribution in [1.82, 2.24) is 10.7 Å². The zero-order valence-electron chi connectivity index (χ0n) is 17.5. The van der Waals surface area contributed by atoms with Gasteiger partial charge in [0, 0.05) is 21.0 Å². The van der Waals surface area contributed by atoms with Crippen LogP contribution in [0.25, 0.3) is 17.4 Å². The van der Waals surface area contributed by atoms with E-state index in [1.165, 1.54) is 17.6 Å². The second-order valence-electron chi connectivity index (χ2n) is 6.92. The molecule has 2 heterocycles. The van der Waals surface area contributed by atoms with Crippen molar-refractivity contribution in [3.63, 3.8) is 0 Å². The maximum atomic E-state index is 12.8. The standard InChI is InChI=1S/C25H17Cl2N3O3S/c26-17-8-10-21(27)20(13-17)23-11-9-18(33-23)15-28-30-25(32)22(14-19-7-4-12-34-19)29-24(31)16-5-2-1-3-6-16/h1-15H,(H,29,31)(H,30,32). The highest BCUT2D eigenvalue weighted by atomic mass is 35.5. The summed E-state index contributed by atoms with van der Waals surface area (Å²) in [4.78, 5) is 26.1. The second kappa shape index (κ2) is 11.0. The summed E-state index contributed by atoms with van der Waals surface area (Å²) in [5.41, 5.74) is 3.54. The zero-order valence-corrected chi connectivity index (χ0v) is 19.8. The molecule has 0 saturated carbocycles. The SMILES string of the molecule is O=C(NN=Cc1ccc(-c2cc(Cl)ccc2Cl)o1)C(=Cc1cccs1)NC(=O)c1ccccc1. The van der Waals surface area contributed by atoms with Gasteiger partial charge in [-0.3, -0.25) is 9.59 Å². The maximum absolute atomic E-state index is 12.8. The largest absolute Gasteiger partial charge is 0.455 e. The van der Waals surface area contributed by atoms with Crippen molar-refractivity contribution in [3.8, 4) is 11.3 Å². The second-order valence-corrected chi connectivity index (χ2v) is 8.74. The minimum atomic E-state index is -0.585. The van der Waals surface area contributed by atoms with Crippen LogP contribution in [0.4, 0.5) is 0 Å². The van der Waals surface area contributed by atoms with Crippen molar-refractivity contribution in [2.24, 2.45) is 5.10 Å². The number of rotatable bonds is 7. The molecule has 4 aromatic rings. The van der Waals surface area contributed by atoms with Crippen molar-refractivity contribution >= 4 is 58.6 Å². The van der Waals surface area contributed by atoms with E-state index in [0.717, 1.165) is 4.88 Å². The molecule has 2 aromatic carbocycles. The van der Waals surface area contributed by atoms with Gasteiger partial charge < -0.3 is 9.73 Å². The molecule has 0 saturated heterocycles. The molecule has 0 bridgehead atoms. The lowest BCUT2D eigenvalue weighted by molar-refractivity contribution is -0.117. The number of nitrogens with one attached hydrogen (secondary N) is 2. The lowest BCUT2D eigenvalue weighted by Crippen LogP contribution is -2.32. The molecular weight excluding hydrogens is 493 g/mol. The van der Waals surface area contributed by atoms with E-state index in [0.29, 0.717) is 32.7 Å². The number of amides is 2. The molecule has 0 aliphatic rings. The Morgan fingerprint density at radius 2 is 1.79 bits per heavy atom. The molecule has 2 aromatic heterocycles. The van der Waals surface area contributed by atoms with E-state index in [1.54, 1.807) is 66.7 Å². The van der Waals surface area contributed by atoms with Gasteiger partial charge in [0.15, 0.2) is 0 Å². The van der Waals surface area contributed by atoms with E-state index >= 15 is 0 Å². The summed E-state index contributed by atoms with van der Waals surface area (Å²) in [5.74, 6) is -0.0904. The van der Waals surface area contributed by atoms with Crippen LogP contribution >= 0.6 is 34.5 Å². The minimum absolute atomic E-state index is 0.0549. The van der Waals surface area contributed by atoms with Crippen LogP contribution in [-0.2, 0) is 4.79 Å². The fourth-order valence-corrected chi connectivity index (χ4v) is 3.97. The van der Waals surface area contributed by atoms with Crippen LogP contribution < -0.4 is 10.7 Å². The van der Waals surface area contributed by atoms with Crippen LogP contribution in [0.5, 0.6) is 0 Å². The lowest BCUT2D eigenvalue weighted by Gasteiger charge is -2.08. The van der Waals surface area contributed by atoms with Crippen molar-refractivity contribution in [2.45, 2.75) is 0 Å². The zero-order chi connectivity index (χ0) is 23.9. The van der Waals surface area contributed by atoms with Gasteiger partial charge in [-0.2, -0.15) is 5.10 Å². The van der Waals surface area contributed by atoms with Crippen LogP contribution in [0, 0.1) is 0 Å². The molecule has 0 fully saturated rings. The van der Waals surface area contributed by atoms with Crippen molar-refractivity contribution in [1.29, 1.82) is 0 Å². The van der Waals surface area contributed by atoms with Crippen LogP contribution in [0.3, 0.4) is 0 Å². The first-order valence-electron chi connectivity index (χ1n) is 10.00. The molecule has 0 unspecified atom stereocenters. The van der Waals surface area contributed by atoms with Crippen molar-refractivity contribution in [3.05, 3.63) is 110 Å². The first-order valence-corrected chi connectivity index (χ1v) is 11.6. The highest BCUT2D eigenvalue weighted by molar-refractivity contribution is 7.10. The molecule has 0 spiro atoms. The Kier molecular flexibility index (Phi) is 7.59. The molecule has 6 nitrogen and oxygen atoms in total. The topological polar surface area (TPSA) is 83.7 Å². The number of thiophene rings is 1. The van der Waals surface area contributed by atoms with E-state index in [9.17, 15) is 9.59 Å². The fraction of sp³-hybridized carbons (Fsp3) is 0. The molecule has 34 heavy (non-hydrogen) atoms. The Balaban J connectivity index is 1.47. The summed E-state index contributed by atoms with van der Waals surface area (Å²) < 4.78 is 5.73. The summed E-state index contributed by atoms with van der Waals surface area (Å²) in [5, 5.41) is 9.50. The Morgan fingerprint density at radius 1 is 0.971 bits per heavy atom. The highest BCUT2D eigenvalue weighted by Gasteiger charge is 2.15. The molecule has 2 N–H and O–H groups in total. The van der Waals surface area contributed by atoms with E-state index in [2.05, 4.69) is 15.8 Å². The molecule has 0 radical (unpaired) electrons. The van der Waals surface area contributed by atoms with Gasteiger partial charge in [0.25, 0.3) is 11.8 Å². The van der Waals surface area contributed by atoms with Crippen LogP contribution in [-0.4, -0.2) is 18.0 Å². The summed E-state index contributed by atoms with van der Waals surface area (Å²) in [6.45, 7) is 0. The molecular formula is C25H17Cl2N3O3S. The first-order chi connectivity index (χ1) is 16.5. The highest BCUT2D eigenvalue weighted by Crippen LogP contribution is 2.31. The van der Waals surface area contributed by atoms with Crippen molar-refractivity contribution in [2.75, 3.05) is 0 Å². The fourth-order valence-electron chi connectivity index (χ4n) is 2.93. The number of hydrogen-bond donors (Lipinski definition) is 2. The van der Waals surface area contributed by atoms with Gasteiger partial charge in [0.05, 0.1) is 11.2 Å². The summed E-state index contributed by atoms with van der Waals surface area (Å²) in [6, 6.07) is 20.8. The van der Waals surface area contributed by atoms with Gasteiger partial charge in [-0.1, -0.05) is 47.5 Å². The maximum Gasteiger partial charge on any atom is 0.287 e. The Bertz CT molecular complexity index is 1360. The van der Waals surface area contributed by atoms with Crippen LogP contribution in [0.1, 0.15) is 21.0 Å². The van der Waals surface area contributed by atoms with Crippen molar-refractivity contribution < 1.29 is 14.0 Å². The van der Waals surface area contributed by atoms with Gasteiger partial charge in [-0.15, -0.1) is 11.3 Å². The van der Waals surface area contributed by atoms with Crippen LogP contribution in [0.2, 0.25) is 10.0 Å². The third-order valence-electron chi connectivity index (χ3n) is 4.54. The number of hydrogen-bond acceptors (Lipinski definition) is 5. The summed E-state index contributed by atoms with van der Waals surface area (Å²) in [7, 11) is 0. The normalized spacial score (nSPS) is 11.5. The molecule has 0 aliphatic carbocycles. The van der Waals surface area contributed by atoms with Gasteiger partial charge in [0.2, 0.25) is 0 Å². The van der Waals surface area contributed by atoms with Gasteiger partial charge in [-0.05, 0) is 60.0 Å². The number of nitrogens with zero attached hydrogens (tertiary/aromatic N) is 1. The third kappa shape index (κ3) is 6.02. The van der Waals surface area contributed by atoms with Gasteiger partial charge in [0.1, 0.15) is 17.2 Å². The number of hydrazone groups is 1. The van der Waals surface area contributed by atoms with E-state index in [4.69, 9.17) is 27.6 Å². The van der Waals surface area contributed by atoms with E-state index in [1.807, 2.05) is 17.5 Å². The summed E-state index contributed by atoms with van der Waals surface area (Å²) >= 11 is 13.7. The molecule has 4 rings (SSSR count). The molecule has 0 atom stereocenters. The van der Waals surface area contributed by atoms with E-state index < -0.39 is 11.8 Å². The number of benzene rings is 2. The number of carbonyl (C=O) groups excluding carboxylic acids is 2. The molecule has 170 valence electrons. The Morgan fingerprint density at radius 3 is 2.56 bits per heavy atom.